The maximum atomic E-state index is 12.6. The van der Waals surface area contributed by atoms with Gasteiger partial charge >= 0.3 is 0 Å². The third-order valence-electron chi connectivity index (χ3n) is 4.64. The molecule has 3 aromatic rings. The molecule has 0 unspecified atom stereocenters. The minimum atomic E-state index is -0.0127. The Hall–Kier alpha value is -1.50. The van der Waals surface area contributed by atoms with Gasteiger partial charge in [0, 0.05) is 15.8 Å². The fourth-order valence-electron chi connectivity index (χ4n) is 3.44. The first-order valence-corrected chi connectivity index (χ1v) is 9.88. The third-order valence-corrected chi connectivity index (χ3v) is 6.42. The minimum absolute atomic E-state index is 0.0127. The number of hydrogen-bond acceptors (Lipinski definition) is 4. The number of rotatable bonds is 4. The molecule has 1 saturated carbocycles. The van der Waals surface area contributed by atoms with Gasteiger partial charge in [-0.05, 0) is 44.1 Å². The molecule has 0 amide bonds. The molecule has 1 aliphatic carbocycles. The van der Waals surface area contributed by atoms with E-state index in [-0.39, 0.29) is 11.6 Å². The average molecular weight is 347 g/mol. The van der Waals surface area contributed by atoms with Crippen molar-refractivity contribution in [3.8, 4) is 10.4 Å². The molecule has 3 N–H and O–H groups in total. The molecule has 4 rings (SSSR count). The first-order chi connectivity index (χ1) is 11.2. The van der Waals surface area contributed by atoms with Crippen LogP contribution < -0.4 is 10.9 Å². The van der Waals surface area contributed by atoms with Crippen molar-refractivity contribution in [2.45, 2.75) is 44.7 Å². The second-order valence-corrected chi connectivity index (χ2v) is 8.09. The molecule has 3 aromatic heterocycles. The lowest BCUT2D eigenvalue weighted by molar-refractivity contribution is -0.724. The van der Waals surface area contributed by atoms with Gasteiger partial charge in [0.15, 0.2) is 5.82 Å². The fourth-order valence-corrected chi connectivity index (χ4v) is 5.21. The molecule has 0 saturated heterocycles. The first-order valence-electron chi connectivity index (χ1n) is 8.12. The highest BCUT2D eigenvalue weighted by Crippen LogP contribution is 2.33. The molecule has 0 bridgehead atoms. The lowest BCUT2D eigenvalue weighted by Gasteiger charge is -2.15. The van der Waals surface area contributed by atoms with Crippen LogP contribution in [0, 0.1) is 0 Å². The van der Waals surface area contributed by atoms with Crippen molar-refractivity contribution >= 4 is 32.9 Å². The van der Waals surface area contributed by atoms with E-state index in [0.29, 0.717) is 6.04 Å². The zero-order chi connectivity index (χ0) is 15.8. The van der Waals surface area contributed by atoms with Gasteiger partial charge in [0.25, 0.3) is 5.56 Å². The van der Waals surface area contributed by atoms with E-state index in [1.54, 1.807) is 22.7 Å². The van der Waals surface area contributed by atoms with E-state index >= 15 is 0 Å². The van der Waals surface area contributed by atoms with Crippen LogP contribution in [0.1, 0.15) is 44.5 Å². The number of nitrogens with one attached hydrogen (secondary N) is 1. The molecule has 23 heavy (non-hydrogen) atoms. The van der Waals surface area contributed by atoms with Crippen LogP contribution in [-0.2, 0) is 0 Å². The van der Waals surface area contributed by atoms with Crippen LogP contribution in [-0.4, -0.2) is 16.0 Å². The number of H-pyrrole nitrogens is 1. The highest BCUT2D eigenvalue weighted by molar-refractivity contribution is 7.18. The van der Waals surface area contributed by atoms with E-state index < -0.39 is 0 Å². The number of aromatic nitrogens is 2. The van der Waals surface area contributed by atoms with Gasteiger partial charge in [0.05, 0.1) is 11.4 Å². The van der Waals surface area contributed by atoms with Crippen molar-refractivity contribution in [1.29, 1.82) is 0 Å². The summed E-state index contributed by atoms with van der Waals surface area (Å²) in [6.07, 6.45) is 5.20. The van der Waals surface area contributed by atoms with Crippen molar-refractivity contribution in [3.05, 3.63) is 39.1 Å². The van der Waals surface area contributed by atoms with Crippen LogP contribution in [0.5, 0.6) is 0 Å². The number of nitrogens with two attached hydrogens (primary N) is 1. The summed E-state index contributed by atoms with van der Waals surface area (Å²) in [5.41, 5.74) is 0.994. The molecular weight excluding hydrogens is 326 g/mol. The number of fused-ring (bicyclic) bond motifs is 1. The number of thiophene rings is 2. The lowest BCUT2D eigenvalue weighted by atomic mass is 10.2. The van der Waals surface area contributed by atoms with Gasteiger partial charge in [-0.1, -0.05) is 6.07 Å². The molecule has 6 heteroatoms. The highest BCUT2D eigenvalue weighted by Gasteiger charge is 2.23. The van der Waals surface area contributed by atoms with E-state index in [9.17, 15) is 4.79 Å². The predicted octanol–water partition coefficient (Wildman–Crippen LogP) is 3.28. The van der Waals surface area contributed by atoms with Crippen LogP contribution >= 0.6 is 22.7 Å². The van der Waals surface area contributed by atoms with Crippen molar-refractivity contribution in [1.82, 2.24) is 9.97 Å². The maximum absolute atomic E-state index is 12.6. The molecule has 0 radical (unpaired) electrons. The van der Waals surface area contributed by atoms with E-state index in [1.165, 1.54) is 25.7 Å². The highest BCUT2D eigenvalue weighted by atomic mass is 32.1. The first kappa shape index (κ1) is 15.1. The van der Waals surface area contributed by atoms with Crippen LogP contribution in [0.2, 0.25) is 0 Å². The number of nitrogens with zero attached hydrogens (tertiary/aromatic N) is 1. The van der Waals surface area contributed by atoms with Gasteiger partial charge < -0.3 is 10.3 Å². The van der Waals surface area contributed by atoms with Crippen molar-refractivity contribution in [2.75, 3.05) is 0 Å². The Morgan fingerprint density at radius 3 is 2.91 bits per heavy atom. The van der Waals surface area contributed by atoms with Gasteiger partial charge in [0.2, 0.25) is 0 Å². The predicted molar refractivity (Wildman–Crippen MR) is 96.2 cm³/mol. The summed E-state index contributed by atoms with van der Waals surface area (Å²) < 4.78 is 0. The summed E-state index contributed by atoms with van der Waals surface area (Å²) in [6, 6.07) is 4.94. The monoisotopic (exact) mass is 346 g/mol. The van der Waals surface area contributed by atoms with Crippen LogP contribution in [0.3, 0.4) is 0 Å². The van der Waals surface area contributed by atoms with Gasteiger partial charge in [-0.3, -0.25) is 4.79 Å². The van der Waals surface area contributed by atoms with E-state index in [0.717, 1.165) is 26.5 Å². The van der Waals surface area contributed by atoms with Crippen LogP contribution in [0.15, 0.2) is 27.7 Å². The molecule has 3 heterocycles. The largest absolute Gasteiger partial charge is 0.335 e. The van der Waals surface area contributed by atoms with Crippen molar-refractivity contribution in [3.63, 3.8) is 0 Å². The number of aromatic amines is 1. The molecule has 1 aliphatic rings. The molecule has 0 spiro atoms. The van der Waals surface area contributed by atoms with Gasteiger partial charge in [0.1, 0.15) is 10.9 Å². The fraction of sp³-hybridized carbons (Fsp3) is 0.412. The number of hydrogen-bond donors (Lipinski definition) is 2. The van der Waals surface area contributed by atoms with E-state index in [2.05, 4.69) is 23.3 Å². The van der Waals surface area contributed by atoms with Crippen LogP contribution in [0.4, 0.5) is 0 Å². The molecule has 1 atom stereocenters. The molecule has 1 fully saturated rings. The second kappa shape index (κ2) is 6.19. The maximum Gasteiger partial charge on any atom is 0.260 e. The Labute approximate surface area is 142 Å². The lowest BCUT2D eigenvalue weighted by Crippen LogP contribution is -2.90. The summed E-state index contributed by atoms with van der Waals surface area (Å²) in [4.78, 5) is 22.4. The molecule has 0 aliphatic heterocycles. The Bertz CT molecular complexity index is 860. The Kier molecular flexibility index (Phi) is 4.05. The minimum Gasteiger partial charge on any atom is -0.335 e. The topological polar surface area (TPSA) is 62.4 Å². The van der Waals surface area contributed by atoms with E-state index in [4.69, 9.17) is 4.98 Å². The summed E-state index contributed by atoms with van der Waals surface area (Å²) >= 11 is 3.22. The number of quaternary nitrogens is 1. The third kappa shape index (κ3) is 2.86. The van der Waals surface area contributed by atoms with Crippen molar-refractivity contribution in [2.24, 2.45) is 0 Å². The normalized spacial score (nSPS) is 17.1. The molecular formula is C17H20N3OS2+. The summed E-state index contributed by atoms with van der Waals surface area (Å²) in [5, 5.41) is 7.18. The molecule has 4 nitrogen and oxygen atoms in total. The van der Waals surface area contributed by atoms with Gasteiger partial charge in [-0.2, -0.15) is 0 Å². The molecule has 120 valence electrons. The van der Waals surface area contributed by atoms with Gasteiger partial charge in [-0.15, -0.1) is 22.7 Å². The second-order valence-electron chi connectivity index (χ2n) is 6.28. The Morgan fingerprint density at radius 1 is 1.35 bits per heavy atom. The quantitative estimate of drug-likeness (QED) is 0.761. The SMILES string of the molecule is C[C@H]([NH2+]C1CCCC1)c1nc2scc(-c3cccs3)c2c(=O)[nH]1. The zero-order valence-corrected chi connectivity index (χ0v) is 14.7. The average Bonchev–Trinajstić information content (AvgIpc) is 3.27. The van der Waals surface area contributed by atoms with E-state index in [1.807, 2.05) is 16.8 Å². The molecule has 0 aromatic carbocycles. The van der Waals surface area contributed by atoms with Crippen LogP contribution in [0.25, 0.3) is 20.7 Å². The smallest absolute Gasteiger partial charge is 0.260 e. The summed E-state index contributed by atoms with van der Waals surface area (Å²) in [7, 11) is 0. The zero-order valence-electron chi connectivity index (χ0n) is 13.0. The Balaban J connectivity index is 1.69. The van der Waals surface area contributed by atoms with Gasteiger partial charge in [-0.25, -0.2) is 4.98 Å². The standard InChI is InChI=1S/C17H19N3OS2/c1-10(18-11-5-2-3-6-11)15-19-16(21)14-12(9-23-17(14)20-15)13-7-4-8-22-13/h4,7-11,18H,2-3,5-6H2,1H3,(H,19,20,21)/p+1/t10-/m0/s1. The van der Waals surface area contributed by atoms with Crippen molar-refractivity contribution < 1.29 is 5.32 Å². The summed E-state index contributed by atoms with van der Waals surface area (Å²) in [5.74, 6) is 0.800. The summed E-state index contributed by atoms with van der Waals surface area (Å²) in [6.45, 7) is 2.14. The Morgan fingerprint density at radius 2 is 2.17 bits per heavy atom.